The molecule has 3 heteroatoms. The molecule has 1 unspecified atom stereocenters. The van der Waals surface area contributed by atoms with Gasteiger partial charge in [0.2, 0.25) is 0 Å². The molecule has 0 amide bonds. The molecule has 0 spiro atoms. The van der Waals surface area contributed by atoms with Crippen LogP contribution in [0.15, 0.2) is 22.7 Å². The van der Waals surface area contributed by atoms with Gasteiger partial charge in [-0.2, -0.15) is 0 Å². The van der Waals surface area contributed by atoms with Crippen LogP contribution in [-0.4, -0.2) is 11.9 Å². The summed E-state index contributed by atoms with van der Waals surface area (Å²) in [6.07, 6.45) is 1.01. The first-order valence-corrected chi connectivity index (χ1v) is 6.34. The van der Waals surface area contributed by atoms with Crippen LogP contribution >= 0.6 is 15.9 Å². The van der Waals surface area contributed by atoms with Gasteiger partial charge in [-0.1, -0.05) is 35.8 Å². The van der Waals surface area contributed by atoms with Gasteiger partial charge in [0.1, 0.15) is 5.75 Å². The van der Waals surface area contributed by atoms with Gasteiger partial charge in [-0.3, -0.25) is 4.79 Å². The Morgan fingerprint density at radius 1 is 1.56 bits per heavy atom. The molecule has 0 radical (unpaired) electrons. The first kappa shape index (κ1) is 11.6. The molecule has 0 N–H and O–H groups in total. The maximum atomic E-state index is 11.9. The lowest BCUT2D eigenvalue weighted by Gasteiger charge is -2.10. The van der Waals surface area contributed by atoms with E-state index in [0.717, 1.165) is 15.8 Å². The number of ether oxygens (including phenoxy) is 1. The van der Waals surface area contributed by atoms with E-state index >= 15 is 0 Å². The number of hydrogen-bond acceptors (Lipinski definition) is 2. The highest BCUT2D eigenvalue weighted by atomic mass is 79.9. The van der Waals surface area contributed by atoms with Crippen molar-refractivity contribution in [3.63, 3.8) is 0 Å². The van der Waals surface area contributed by atoms with Crippen LogP contribution in [0.5, 0.6) is 5.75 Å². The molecule has 0 aliphatic carbocycles. The van der Waals surface area contributed by atoms with Crippen molar-refractivity contribution in [3.05, 3.63) is 28.2 Å². The SMILES string of the molecule is CC(C)CC(=O)C1Cc2c(Br)cccc2O1. The summed E-state index contributed by atoms with van der Waals surface area (Å²) < 4.78 is 6.70. The van der Waals surface area contributed by atoms with Gasteiger partial charge in [0, 0.05) is 22.9 Å². The molecule has 1 aliphatic heterocycles. The maximum absolute atomic E-state index is 11.9. The van der Waals surface area contributed by atoms with Gasteiger partial charge < -0.3 is 4.74 Å². The molecule has 1 aromatic carbocycles. The van der Waals surface area contributed by atoms with Crippen molar-refractivity contribution in [2.24, 2.45) is 5.92 Å². The molecule has 1 aromatic rings. The van der Waals surface area contributed by atoms with Crippen molar-refractivity contribution in [2.45, 2.75) is 32.8 Å². The molecular formula is C13H15BrO2. The second kappa shape index (κ2) is 4.58. The van der Waals surface area contributed by atoms with Crippen molar-refractivity contribution in [3.8, 4) is 5.75 Å². The third-order valence-electron chi connectivity index (χ3n) is 2.70. The first-order chi connectivity index (χ1) is 7.58. The van der Waals surface area contributed by atoms with E-state index in [0.29, 0.717) is 18.8 Å². The number of halogens is 1. The average molecular weight is 283 g/mol. The highest BCUT2D eigenvalue weighted by Crippen LogP contribution is 2.34. The lowest BCUT2D eigenvalue weighted by molar-refractivity contribution is -0.125. The minimum Gasteiger partial charge on any atom is -0.482 e. The van der Waals surface area contributed by atoms with Crippen LogP contribution in [-0.2, 0) is 11.2 Å². The number of benzene rings is 1. The Labute approximate surface area is 104 Å². The van der Waals surface area contributed by atoms with Crippen molar-refractivity contribution >= 4 is 21.7 Å². The van der Waals surface area contributed by atoms with Gasteiger partial charge >= 0.3 is 0 Å². The van der Waals surface area contributed by atoms with Crippen LogP contribution in [0.25, 0.3) is 0 Å². The van der Waals surface area contributed by atoms with Crippen LogP contribution in [0.3, 0.4) is 0 Å². The summed E-state index contributed by atoms with van der Waals surface area (Å²) in [6.45, 7) is 4.10. The number of rotatable bonds is 3. The molecule has 86 valence electrons. The summed E-state index contributed by atoms with van der Waals surface area (Å²) in [5.74, 6) is 1.44. The summed E-state index contributed by atoms with van der Waals surface area (Å²) >= 11 is 3.48. The summed E-state index contributed by atoms with van der Waals surface area (Å²) in [4.78, 5) is 11.9. The lowest BCUT2D eigenvalue weighted by Crippen LogP contribution is -2.26. The Hall–Kier alpha value is -0.830. The molecule has 0 bridgehead atoms. The standard InChI is InChI=1S/C13H15BrO2/c1-8(2)6-11(15)13-7-9-10(14)4-3-5-12(9)16-13/h3-5,8,13H,6-7H2,1-2H3. The minimum absolute atomic E-state index is 0.207. The van der Waals surface area contributed by atoms with Crippen LogP contribution in [0.1, 0.15) is 25.8 Å². The summed E-state index contributed by atoms with van der Waals surface area (Å²) in [5, 5.41) is 0. The third kappa shape index (κ3) is 2.29. The van der Waals surface area contributed by atoms with Gasteiger partial charge in [-0.05, 0) is 18.1 Å². The predicted octanol–water partition coefficient (Wildman–Crippen LogP) is 3.37. The molecule has 2 nitrogen and oxygen atoms in total. The molecule has 0 fully saturated rings. The Balaban J connectivity index is 2.11. The van der Waals surface area contributed by atoms with Crippen LogP contribution in [0, 0.1) is 5.92 Å². The maximum Gasteiger partial charge on any atom is 0.173 e. The van der Waals surface area contributed by atoms with Crippen molar-refractivity contribution in [1.29, 1.82) is 0 Å². The molecule has 16 heavy (non-hydrogen) atoms. The fraction of sp³-hybridized carbons (Fsp3) is 0.462. The van der Waals surface area contributed by atoms with Crippen LogP contribution in [0.2, 0.25) is 0 Å². The zero-order valence-electron chi connectivity index (χ0n) is 9.50. The number of carbonyl (C=O) groups excluding carboxylic acids is 1. The van der Waals surface area contributed by atoms with Crippen LogP contribution < -0.4 is 4.74 Å². The number of Topliss-reactive ketones (excluding diaryl/α,β-unsaturated/α-hetero) is 1. The first-order valence-electron chi connectivity index (χ1n) is 5.54. The fourth-order valence-corrected chi connectivity index (χ4v) is 2.45. The number of fused-ring (bicyclic) bond motifs is 1. The summed E-state index contributed by atoms with van der Waals surface area (Å²) in [6, 6.07) is 5.83. The zero-order chi connectivity index (χ0) is 11.7. The predicted molar refractivity (Wildman–Crippen MR) is 66.7 cm³/mol. The van der Waals surface area contributed by atoms with Gasteiger partial charge in [-0.15, -0.1) is 0 Å². The molecule has 0 saturated carbocycles. The summed E-state index contributed by atoms with van der Waals surface area (Å²) in [7, 11) is 0. The fourth-order valence-electron chi connectivity index (χ4n) is 1.94. The normalized spacial score (nSPS) is 18.4. The van der Waals surface area contributed by atoms with Crippen molar-refractivity contribution in [2.75, 3.05) is 0 Å². The monoisotopic (exact) mass is 282 g/mol. The Morgan fingerprint density at radius 2 is 2.31 bits per heavy atom. The van der Waals surface area contributed by atoms with E-state index in [1.807, 2.05) is 18.2 Å². The number of hydrogen-bond donors (Lipinski definition) is 0. The van der Waals surface area contributed by atoms with Gasteiger partial charge in [-0.25, -0.2) is 0 Å². The molecule has 1 heterocycles. The van der Waals surface area contributed by atoms with E-state index in [9.17, 15) is 4.79 Å². The van der Waals surface area contributed by atoms with Gasteiger partial charge in [0.15, 0.2) is 11.9 Å². The highest BCUT2D eigenvalue weighted by molar-refractivity contribution is 9.10. The Morgan fingerprint density at radius 3 is 2.94 bits per heavy atom. The smallest absolute Gasteiger partial charge is 0.173 e. The lowest BCUT2D eigenvalue weighted by atomic mass is 10.0. The van der Waals surface area contributed by atoms with Crippen LogP contribution in [0.4, 0.5) is 0 Å². The molecule has 2 rings (SSSR count). The molecule has 1 aliphatic rings. The van der Waals surface area contributed by atoms with Gasteiger partial charge in [0.25, 0.3) is 0 Å². The van der Waals surface area contributed by atoms with E-state index in [1.165, 1.54) is 0 Å². The second-order valence-corrected chi connectivity index (χ2v) is 5.45. The zero-order valence-corrected chi connectivity index (χ0v) is 11.1. The van der Waals surface area contributed by atoms with E-state index in [2.05, 4.69) is 29.8 Å². The topological polar surface area (TPSA) is 26.3 Å². The molecular weight excluding hydrogens is 268 g/mol. The van der Waals surface area contributed by atoms with E-state index in [-0.39, 0.29) is 11.9 Å². The number of carbonyl (C=O) groups is 1. The van der Waals surface area contributed by atoms with E-state index in [1.54, 1.807) is 0 Å². The quantitative estimate of drug-likeness (QED) is 0.850. The third-order valence-corrected chi connectivity index (χ3v) is 3.45. The molecule has 1 atom stereocenters. The summed E-state index contributed by atoms with van der Waals surface area (Å²) in [5.41, 5.74) is 1.12. The van der Waals surface area contributed by atoms with E-state index < -0.39 is 0 Å². The second-order valence-electron chi connectivity index (χ2n) is 4.59. The largest absolute Gasteiger partial charge is 0.482 e. The van der Waals surface area contributed by atoms with Crippen molar-refractivity contribution in [1.82, 2.24) is 0 Å². The molecule has 0 aromatic heterocycles. The van der Waals surface area contributed by atoms with Gasteiger partial charge in [0.05, 0.1) is 0 Å². The number of ketones is 1. The molecule has 0 saturated heterocycles. The van der Waals surface area contributed by atoms with Crippen molar-refractivity contribution < 1.29 is 9.53 Å². The highest BCUT2D eigenvalue weighted by Gasteiger charge is 2.30. The minimum atomic E-state index is -0.281. The Kier molecular flexibility index (Phi) is 3.33. The average Bonchev–Trinajstić information content (AvgIpc) is 2.61. The van der Waals surface area contributed by atoms with E-state index in [4.69, 9.17) is 4.74 Å². The Bertz CT molecular complexity index is 412.